The molecule has 6 heteroatoms. The normalized spacial score (nSPS) is 15.7. The van der Waals surface area contributed by atoms with E-state index in [2.05, 4.69) is 10.6 Å². The first kappa shape index (κ1) is 26.6. The largest absolute Gasteiger partial charge is 0.369 e. The zero-order chi connectivity index (χ0) is 24.9. The number of nitrogens with one attached hydrogen (secondary N) is 2. The second-order valence-electron chi connectivity index (χ2n) is 9.52. The van der Waals surface area contributed by atoms with Crippen molar-refractivity contribution in [3.63, 3.8) is 0 Å². The predicted octanol–water partition coefficient (Wildman–Crippen LogP) is 4.37. The van der Waals surface area contributed by atoms with Gasteiger partial charge in [-0.05, 0) is 36.3 Å². The zero-order valence-corrected chi connectivity index (χ0v) is 20.7. The van der Waals surface area contributed by atoms with Crippen molar-refractivity contribution >= 4 is 17.6 Å². The Hall–Kier alpha value is -2.99. The molecule has 6 nitrogen and oxygen atoms in total. The molecule has 0 spiro atoms. The fourth-order valence-electron chi connectivity index (χ4n) is 4.72. The van der Waals surface area contributed by atoms with Gasteiger partial charge in [0.2, 0.25) is 11.8 Å². The Bertz CT molecular complexity index is 926. The summed E-state index contributed by atoms with van der Waals surface area (Å²) in [5.41, 5.74) is 2.09. The van der Waals surface area contributed by atoms with Gasteiger partial charge in [0.1, 0.15) is 12.6 Å². The highest BCUT2D eigenvalue weighted by Gasteiger charge is 2.28. The first-order valence-electron chi connectivity index (χ1n) is 12.8. The summed E-state index contributed by atoms with van der Waals surface area (Å²) in [4.78, 5) is 38.2. The van der Waals surface area contributed by atoms with E-state index < -0.39 is 12.1 Å². The van der Waals surface area contributed by atoms with E-state index in [4.69, 9.17) is 4.74 Å². The highest BCUT2D eigenvalue weighted by Crippen LogP contribution is 2.27. The lowest BCUT2D eigenvalue weighted by atomic mass is 9.84. The van der Waals surface area contributed by atoms with Crippen LogP contribution in [0.2, 0.25) is 0 Å². The van der Waals surface area contributed by atoms with Crippen LogP contribution in [0.3, 0.4) is 0 Å². The molecule has 2 atom stereocenters. The molecule has 0 saturated heterocycles. The van der Waals surface area contributed by atoms with Gasteiger partial charge in [0, 0.05) is 6.92 Å². The fraction of sp³-hybridized carbons (Fsp3) is 0.483. The summed E-state index contributed by atoms with van der Waals surface area (Å²) in [5, 5.41) is 5.76. The molecule has 1 saturated carbocycles. The maximum absolute atomic E-state index is 13.3. The second kappa shape index (κ2) is 14.4. The van der Waals surface area contributed by atoms with Crippen molar-refractivity contribution in [2.45, 2.75) is 77.0 Å². The average molecular weight is 479 g/mol. The molecule has 0 unspecified atom stereocenters. The molecule has 2 amide bonds. The van der Waals surface area contributed by atoms with E-state index in [1.807, 2.05) is 60.7 Å². The number of ether oxygens (including phenoxy) is 1. The van der Waals surface area contributed by atoms with Crippen molar-refractivity contribution < 1.29 is 19.1 Å². The summed E-state index contributed by atoms with van der Waals surface area (Å²) >= 11 is 0. The fourth-order valence-corrected chi connectivity index (χ4v) is 4.72. The SMILES string of the molecule is CC(=O)N[C@@H](CC1CCCCC1)C(=O)N[C@@H](CCc1ccccc1)C(=O)COCc1ccccc1. The van der Waals surface area contributed by atoms with E-state index in [1.54, 1.807) is 0 Å². The number of amides is 2. The number of carbonyl (C=O) groups excluding carboxylic acids is 3. The maximum Gasteiger partial charge on any atom is 0.243 e. The quantitative estimate of drug-likeness (QED) is 0.448. The standard InChI is InChI=1S/C29H38N2O4/c1-22(32)30-27(19-24-13-7-3-8-14-24)29(34)31-26(18-17-23-11-5-2-6-12-23)28(33)21-35-20-25-15-9-4-10-16-25/h2,4-6,9-12,15-16,24,26-27H,3,7-8,13-14,17-21H2,1H3,(H,30,32)(H,31,34)/t26-,27-/m0/s1. The molecular weight excluding hydrogens is 440 g/mol. The van der Waals surface area contributed by atoms with Gasteiger partial charge in [-0.15, -0.1) is 0 Å². The van der Waals surface area contributed by atoms with Crippen LogP contribution in [0.15, 0.2) is 60.7 Å². The number of hydrogen-bond acceptors (Lipinski definition) is 4. The van der Waals surface area contributed by atoms with Crippen LogP contribution >= 0.6 is 0 Å². The minimum atomic E-state index is -0.680. The van der Waals surface area contributed by atoms with Gasteiger partial charge < -0.3 is 15.4 Å². The Labute approximate surface area is 208 Å². The molecule has 0 radical (unpaired) electrons. The number of aryl methyl sites for hydroxylation is 1. The monoisotopic (exact) mass is 478 g/mol. The van der Waals surface area contributed by atoms with Crippen molar-refractivity contribution in [1.82, 2.24) is 10.6 Å². The van der Waals surface area contributed by atoms with E-state index >= 15 is 0 Å². The van der Waals surface area contributed by atoms with Crippen LogP contribution in [0.1, 0.15) is 63.0 Å². The summed E-state index contributed by atoms with van der Waals surface area (Å²) in [6.45, 7) is 1.68. The third-order valence-corrected chi connectivity index (χ3v) is 6.61. The number of benzene rings is 2. The molecule has 188 valence electrons. The lowest BCUT2D eigenvalue weighted by molar-refractivity contribution is -0.133. The Balaban J connectivity index is 1.63. The molecule has 2 aromatic rings. The van der Waals surface area contributed by atoms with Crippen LogP contribution in [-0.4, -0.2) is 36.3 Å². The van der Waals surface area contributed by atoms with Gasteiger partial charge in [0.15, 0.2) is 5.78 Å². The predicted molar refractivity (Wildman–Crippen MR) is 137 cm³/mol. The molecule has 2 N–H and O–H groups in total. The van der Waals surface area contributed by atoms with Crippen LogP contribution in [-0.2, 0) is 32.1 Å². The van der Waals surface area contributed by atoms with E-state index in [1.165, 1.54) is 13.3 Å². The van der Waals surface area contributed by atoms with Gasteiger partial charge in [-0.3, -0.25) is 14.4 Å². The van der Waals surface area contributed by atoms with Crippen LogP contribution in [0, 0.1) is 5.92 Å². The Morgan fingerprint density at radius 1 is 0.857 bits per heavy atom. The van der Waals surface area contributed by atoms with Gasteiger partial charge in [0.05, 0.1) is 12.6 Å². The molecule has 2 aromatic carbocycles. The lowest BCUT2D eigenvalue weighted by Crippen LogP contribution is -2.52. The van der Waals surface area contributed by atoms with Gasteiger partial charge >= 0.3 is 0 Å². The summed E-state index contributed by atoms with van der Waals surface area (Å²) in [5.74, 6) is -0.275. The molecule has 0 aromatic heterocycles. The first-order valence-corrected chi connectivity index (χ1v) is 12.8. The molecule has 0 aliphatic heterocycles. The average Bonchev–Trinajstić information content (AvgIpc) is 2.87. The lowest BCUT2D eigenvalue weighted by Gasteiger charge is -2.28. The molecule has 35 heavy (non-hydrogen) atoms. The van der Waals surface area contributed by atoms with Crippen LogP contribution < -0.4 is 10.6 Å². The third kappa shape index (κ3) is 9.65. The topological polar surface area (TPSA) is 84.5 Å². The smallest absolute Gasteiger partial charge is 0.243 e. The van der Waals surface area contributed by atoms with Gasteiger partial charge in [-0.2, -0.15) is 0 Å². The van der Waals surface area contributed by atoms with Crippen LogP contribution in [0.25, 0.3) is 0 Å². The Morgan fingerprint density at radius 3 is 2.11 bits per heavy atom. The number of Topliss-reactive ketones (excluding diaryl/α,β-unsaturated/α-hetero) is 1. The molecule has 3 rings (SSSR count). The van der Waals surface area contributed by atoms with E-state index in [0.29, 0.717) is 31.8 Å². The summed E-state index contributed by atoms with van der Waals surface area (Å²) < 4.78 is 5.67. The van der Waals surface area contributed by atoms with Crippen molar-refractivity contribution in [2.24, 2.45) is 5.92 Å². The van der Waals surface area contributed by atoms with Crippen molar-refractivity contribution in [2.75, 3.05) is 6.61 Å². The maximum atomic E-state index is 13.3. The molecule has 0 heterocycles. The number of ketones is 1. The van der Waals surface area contributed by atoms with Gasteiger partial charge in [-0.1, -0.05) is 92.8 Å². The Kier molecular flexibility index (Phi) is 11.0. The van der Waals surface area contributed by atoms with Crippen LogP contribution in [0.5, 0.6) is 0 Å². The molecule has 0 bridgehead atoms. The summed E-state index contributed by atoms with van der Waals surface area (Å²) in [6, 6.07) is 18.3. The number of rotatable bonds is 13. The molecule has 1 fully saturated rings. The van der Waals surface area contributed by atoms with Crippen molar-refractivity contribution in [3.05, 3.63) is 71.8 Å². The molecule has 1 aliphatic carbocycles. The van der Waals surface area contributed by atoms with Crippen molar-refractivity contribution in [1.29, 1.82) is 0 Å². The van der Waals surface area contributed by atoms with Gasteiger partial charge in [0.25, 0.3) is 0 Å². The third-order valence-electron chi connectivity index (χ3n) is 6.61. The highest BCUT2D eigenvalue weighted by molar-refractivity contribution is 5.93. The first-order chi connectivity index (χ1) is 17.0. The second-order valence-corrected chi connectivity index (χ2v) is 9.52. The molecule has 1 aliphatic rings. The Morgan fingerprint density at radius 2 is 1.49 bits per heavy atom. The minimum Gasteiger partial charge on any atom is -0.369 e. The number of carbonyl (C=O) groups is 3. The van der Waals surface area contributed by atoms with E-state index in [-0.39, 0.29) is 24.2 Å². The van der Waals surface area contributed by atoms with E-state index in [9.17, 15) is 14.4 Å². The van der Waals surface area contributed by atoms with Crippen molar-refractivity contribution in [3.8, 4) is 0 Å². The van der Waals surface area contributed by atoms with Gasteiger partial charge in [-0.25, -0.2) is 0 Å². The summed E-state index contributed by atoms with van der Waals surface area (Å²) in [6.07, 6.45) is 7.44. The molecular formula is C29H38N2O4. The number of hydrogen-bond donors (Lipinski definition) is 2. The highest BCUT2D eigenvalue weighted by atomic mass is 16.5. The minimum absolute atomic E-state index is 0.0813. The summed E-state index contributed by atoms with van der Waals surface area (Å²) in [7, 11) is 0. The zero-order valence-electron chi connectivity index (χ0n) is 20.7. The van der Waals surface area contributed by atoms with E-state index in [0.717, 1.165) is 36.8 Å². The van der Waals surface area contributed by atoms with Crippen LogP contribution in [0.4, 0.5) is 0 Å².